The number of nitrogens with one attached hydrogen (secondary N) is 1. The van der Waals surface area contributed by atoms with Gasteiger partial charge in [0.15, 0.2) is 0 Å². The molecule has 1 N–H and O–H groups in total. The quantitative estimate of drug-likeness (QED) is 0.734. The fourth-order valence-electron chi connectivity index (χ4n) is 1.07. The maximum absolute atomic E-state index is 11.2. The molecule has 0 radical (unpaired) electrons. The van der Waals surface area contributed by atoms with Crippen molar-refractivity contribution in [2.75, 3.05) is 14.2 Å². The molecule has 14 heavy (non-hydrogen) atoms. The van der Waals surface area contributed by atoms with Crippen LogP contribution in [0.4, 0.5) is 0 Å². The Morgan fingerprint density at radius 1 is 1.36 bits per heavy atom. The van der Waals surface area contributed by atoms with Gasteiger partial charge in [-0.05, 0) is 17.7 Å². The highest BCUT2D eigenvalue weighted by Gasteiger charge is 2.06. The van der Waals surface area contributed by atoms with E-state index in [1.54, 1.807) is 38.4 Å². The van der Waals surface area contributed by atoms with Gasteiger partial charge >= 0.3 is 0 Å². The van der Waals surface area contributed by atoms with E-state index in [0.717, 1.165) is 11.3 Å². The van der Waals surface area contributed by atoms with Gasteiger partial charge in [0.2, 0.25) is 0 Å². The third-order valence-corrected chi connectivity index (χ3v) is 1.94. The molecule has 0 bridgehead atoms. The van der Waals surface area contributed by atoms with Crippen molar-refractivity contribution in [1.82, 2.24) is 5.32 Å². The van der Waals surface area contributed by atoms with Crippen LogP contribution in [0.15, 0.2) is 30.8 Å². The number of likely N-dealkylation sites (N-methyl/N-ethyl adjacent to an activating group) is 1. The highest BCUT2D eigenvalue weighted by atomic mass is 16.5. The number of carbonyl (C=O) groups excluding carboxylic acids is 1. The monoisotopic (exact) mass is 191 g/mol. The first-order valence-electron chi connectivity index (χ1n) is 4.24. The van der Waals surface area contributed by atoms with Gasteiger partial charge in [-0.2, -0.15) is 0 Å². The van der Waals surface area contributed by atoms with E-state index in [0.29, 0.717) is 5.57 Å². The number of benzene rings is 1. The fraction of sp³-hybridized carbons (Fsp3) is 0.182. The largest absolute Gasteiger partial charge is 0.497 e. The Balaban J connectivity index is 2.87. The second kappa shape index (κ2) is 4.46. The van der Waals surface area contributed by atoms with Crippen molar-refractivity contribution >= 4 is 11.5 Å². The highest BCUT2D eigenvalue weighted by molar-refractivity contribution is 6.18. The van der Waals surface area contributed by atoms with Gasteiger partial charge in [0, 0.05) is 12.6 Å². The lowest BCUT2D eigenvalue weighted by atomic mass is 10.1. The van der Waals surface area contributed by atoms with E-state index in [1.165, 1.54) is 0 Å². The number of amides is 1. The zero-order valence-corrected chi connectivity index (χ0v) is 8.33. The minimum atomic E-state index is -0.171. The van der Waals surface area contributed by atoms with Gasteiger partial charge in [-0.15, -0.1) is 0 Å². The molecule has 3 nitrogen and oxygen atoms in total. The Bertz CT molecular complexity index is 341. The molecule has 3 heteroatoms. The third-order valence-electron chi connectivity index (χ3n) is 1.94. The minimum Gasteiger partial charge on any atom is -0.497 e. The molecule has 1 rings (SSSR count). The molecular formula is C11H13NO2. The molecule has 1 amide bonds. The second-order valence-corrected chi connectivity index (χ2v) is 2.79. The fourth-order valence-corrected chi connectivity index (χ4v) is 1.07. The van der Waals surface area contributed by atoms with E-state index < -0.39 is 0 Å². The lowest BCUT2D eigenvalue weighted by Gasteiger charge is -2.05. The van der Waals surface area contributed by atoms with Crippen LogP contribution in [0.3, 0.4) is 0 Å². The van der Waals surface area contributed by atoms with Crippen LogP contribution in [0.25, 0.3) is 5.57 Å². The van der Waals surface area contributed by atoms with Crippen LogP contribution in [0.5, 0.6) is 5.75 Å². The van der Waals surface area contributed by atoms with Crippen LogP contribution in [0.2, 0.25) is 0 Å². The van der Waals surface area contributed by atoms with Gasteiger partial charge in [-0.25, -0.2) is 0 Å². The molecule has 0 aromatic heterocycles. The number of ether oxygens (including phenoxy) is 1. The van der Waals surface area contributed by atoms with Gasteiger partial charge in [-0.3, -0.25) is 4.79 Å². The lowest BCUT2D eigenvalue weighted by molar-refractivity contribution is -0.115. The Kier molecular flexibility index (Phi) is 3.29. The number of hydrogen-bond acceptors (Lipinski definition) is 2. The predicted molar refractivity (Wildman–Crippen MR) is 56.1 cm³/mol. The van der Waals surface area contributed by atoms with Crippen LogP contribution in [-0.2, 0) is 4.79 Å². The first-order valence-corrected chi connectivity index (χ1v) is 4.24. The van der Waals surface area contributed by atoms with E-state index >= 15 is 0 Å². The molecule has 0 saturated heterocycles. The van der Waals surface area contributed by atoms with Crippen molar-refractivity contribution in [2.24, 2.45) is 0 Å². The average Bonchev–Trinajstić information content (AvgIpc) is 2.27. The summed E-state index contributed by atoms with van der Waals surface area (Å²) in [5.74, 6) is 0.591. The normalized spacial score (nSPS) is 9.29. The summed E-state index contributed by atoms with van der Waals surface area (Å²) in [5, 5.41) is 2.52. The topological polar surface area (TPSA) is 38.3 Å². The molecule has 0 fully saturated rings. The van der Waals surface area contributed by atoms with Gasteiger partial charge < -0.3 is 10.1 Å². The van der Waals surface area contributed by atoms with Gasteiger partial charge in [0.1, 0.15) is 5.75 Å². The van der Waals surface area contributed by atoms with E-state index in [9.17, 15) is 4.79 Å². The summed E-state index contributed by atoms with van der Waals surface area (Å²) < 4.78 is 5.01. The molecular weight excluding hydrogens is 178 g/mol. The van der Waals surface area contributed by atoms with E-state index in [-0.39, 0.29) is 5.91 Å². The average molecular weight is 191 g/mol. The molecule has 1 aromatic rings. The Morgan fingerprint density at radius 2 is 1.93 bits per heavy atom. The molecule has 0 aliphatic heterocycles. The third kappa shape index (κ3) is 2.13. The first-order chi connectivity index (χ1) is 6.69. The zero-order chi connectivity index (χ0) is 10.6. The lowest BCUT2D eigenvalue weighted by Crippen LogP contribution is -2.18. The van der Waals surface area contributed by atoms with Crippen molar-refractivity contribution in [2.45, 2.75) is 0 Å². The van der Waals surface area contributed by atoms with E-state index in [2.05, 4.69) is 11.9 Å². The maximum Gasteiger partial charge on any atom is 0.251 e. The number of rotatable bonds is 3. The van der Waals surface area contributed by atoms with Crippen LogP contribution in [0, 0.1) is 0 Å². The van der Waals surface area contributed by atoms with Gasteiger partial charge in [-0.1, -0.05) is 18.7 Å². The molecule has 0 aliphatic rings. The molecule has 74 valence electrons. The molecule has 1 aromatic carbocycles. The Hall–Kier alpha value is -1.77. The van der Waals surface area contributed by atoms with Crippen molar-refractivity contribution in [1.29, 1.82) is 0 Å². The summed E-state index contributed by atoms with van der Waals surface area (Å²) in [4.78, 5) is 11.2. The molecule has 0 heterocycles. The SMILES string of the molecule is C=C(C(=O)NC)c1ccc(OC)cc1. The van der Waals surface area contributed by atoms with Crippen LogP contribution < -0.4 is 10.1 Å². The first kappa shape index (κ1) is 10.3. The Morgan fingerprint density at radius 3 is 2.36 bits per heavy atom. The second-order valence-electron chi connectivity index (χ2n) is 2.79. The van der Waals surface area contributed by atoms with Gasteiger partial charge in [0.25, 0.3) is 5.91 Å². The molecule has 0 unspecified atom stereocenters. The van der Waals surface area contributed by atoms with Crippen molar-refractivity contribution < 1.29 is 9.53 Å². The summed E-state index contributed by atoms with van der Waals surface area (Å²) in [6.07, 6.45) is 0. The van der Waals surface area contributed by atoms with Crippen molar-refractivity contribution in [3.8, 4) is 5.75 Å². The number of carbonyl (C=O) groups is 1. The number of methoxy groups -OCH3 is 1. The standard InChI is InChI=1S/C11H13NO2/c1-8(11(13)12-2)9-4-6-10(14-3)7-5-9/h4-7H,1H2,2-3H3,(H,12,13). The van der Waals surface area contributed by atoms with Crippen molar-refractivity contribution in [3.63, 3.8) is 0 Å². The van der Waals surface area contributed by atoms with Crippen molar-refractivity contribution in [3.05, 3.63) is 36.4 Å². The Labute approximate surface area is 83.4 Å². The maximum atomic E-state index is 11.2. The molecule has 0 atom stereocenters. The molecule has 0 saturated carbocycles. The van der Waals surface area contributed by atoms with Crippen LogP contribution in [-0.4, -0.2) is 20.1 Å². The summed E-state index contributed by atoms with van der Waals surface area (Å²) in [6, 6.07) is 7.19. The van der Waals surface area contributed by atoms with Gasteiger partial charge in [0.05, 0.1) is 7.11 Å². The summed E-state index contributed by atoms with van der Waals surface area (Å²) in [7, 11) is 3.18. The predicted octanol–water partition coefficient (Wildman–Crippen LogP) is 1.45. The molecule has 0 spiro atoms. The minimum absolute atomic E-state index is 0.171. The number of hydrogen-bond donors (Lipinski definition) is 1. The smallest absolute Gasteiger partial charge is 0.251 e. The summed E-state index contributed by atoms with van der Waals surface area (Å²) in [5.41, 5.74) is 1.25. The summed E-state index contributed by atoms with van der Waals surface area (Å²) in [6.45, 7) is 3.70. The van der Waals surface area contributed by atoms with Crippen LogP contribution >= 0.6 is 0 Å². The van der Waals surface area contributed by atoms with Crippen LogP contribution in [0.1, 0.15) is 5.56 Å². The summed E-state index contributed by atoms with van der Waals surface area (Å²) >= 11 is 0. The highest BCUT2D eigenvalue weighted by Crippen LogP contribution is 2.17. The molecule has 0 aliphatic carbocycles. The van der Waals surface area contributed by atoms with E-state index in [4.69, 9.17) is 4.74 Å². The zero-order valence-electron chi connectivity index (χ0n) is 8.33. The van der Waals surface area contributed by atoms with E-state index in [1.807, 2.05) is 0 Å².